The zero-order valence-electron chi connectivity index (χ0n) is 13.6. The second-order valence-corrected chi connectivity index (χ2v) is 8.22. The fraction of sp³-hybridized carbons (Fsp3) is 0.412. The Morgan fingerprint density at radius 1 is 1.33 bits per heavy atom. The highest BCUT2D eigenvalue weighted by Crippen LogP contribution is 2.37. The van der Waals surface area contributed by atoms with E-state index in [2.05, 4.69) is 11.4 Å². The Balaban J connectivity index is 1.68. The molecule has 24 heavy (non-hydrogen) atoms. The van der Waals surface area contributed by atoms with Crippen LogP contribution in [0.4, 0.5) is 5.00 Å². The van der Waals surface area contributed by atoms with Crippen LogP contribution in [0.25, 0.3) is 0 Å². The standard InChI is InChI=1S/C17H21N3O2S2/c1-20(9-11-5-4-8-23-11)10-14(21)19-17-15(16(18)22)12-6-2-3-7-13(12)24-17/h4-5,8H,2-3,6-7,9-10H2,1H3,(H2,18,22)(H,19,21). The third-order valence-electron chi connectivity index (χ3n) is 4.09. The Morgan fingerprint density at radius 3 is 2.83 bits per heavy atom. The summed E-state index contributed by atoms with van der Waals surface area (Å²) in [4.78, 5) is 28.5. The van der Waals surface area contributed by atoms with Crippen LogP contribution in [0.2, 0.25) is 0 Å². The number of nitrogens with zero attached hydrogens (tertiary/aromatic N) is 1. The highest BCUT2D eigenvalue weighted by atomic mass is 32.1. The SMILES string of the molecule is CN(CC(=O)Nc1sc2c(c1C(N)=O)CCCC2)Cc1cccs1. The van der Waals surface area contributed by atoms with Crippen molar-refractivity contribution >= 4 is 39.5 Å². The molecule has 0 saturated heterocycles. The third-order valence-corrected chi connectivity index (χ3v) is 6.16. The summed E-state index contributed by atoms with van der Waals surface area (Å²) in [5, 5.41) is 5.54. The molecule has 2 aromatic rings. The summed E-state index contributed by atoms with van der Waals surface area (Å²) in [6.07, 6.45) is 4.04. The second-order valence-electron chi connectivity index (χ2n) is 6.08. The van der Waals surface area contributed by atoms with Gasteiger partial charge in [-0.1, -0.05) is 6.07 Å². The van der Waals surface area contributed by atoms with Gasteiger partial charge in [-0.2, -0.15) is 0 Å². The first-order valence-corrected chi connectivity index (χ1v) is 9.69. The summed E-state index contributed by atoms with van der Waals surface area (Å²) in [5.41, 5.74) is 7.12. The number of anilines is 1. The molecule has 2 aromatic heterocycles. The average Bonchev–Trinajstić information content (AvgIpc) is 3.13. The number of rotatable bonds is 6. The number of nitrogens with two attached hydrogens (primary N) is 1. The van der Waals surface area contributed by atoms with Crippen molar-refractivity contribution in [3.63, 3.8) is 0 Å². The van der Waals surface area contributed by atoms with E-state index in [9.17, 15) is 9.59 Å². The van der Waals surface area contributed by atoms with E-state index >= 15 is 0 Å². The first-order valence-electron chi connectivity index (χ1n) is 7.99. The maximum absolute atomic E-state index is 12.3. The van der Waals surface area contributed by atoms with E-state index in [0.717, 1.165) is 37.8 Å². The minimum Gasteiger partial charge on any atom is -0.365 e. The van der Waals surface area contributed by atoms with Crippen LogP contribution in [0.3, 0.4) is 0 Å². The normalized spacial score (nSPS) is 13.8. The van der Waals surface area contributed by atoms with E-state index in [4.69, 9.17) is 5.73 Å². The number of hydrogen-bond donors (Lipinski definition) is 2. The van der Waals surface area contributed by atoms with Crippen molar-refractivity contribution in [2.45, 2.75) is 32.2 Å². The number of nitrogens with one attached hydrogen (secondary N) is 1. The molecule has 2 amide bonds. The Bertz CT molecular complexity index is 737. The van der Waals surface area contributed by atoms with Gasteiger partial charge in [0.2, 0.25) is 5.91 Å². The second kappa shape index (κ2) is 7.46. The van der Waals surface area contributed by atoms with E-state index in [0.29, 0.717) is 10.6 Å². The predicted octanol–water partition coefficient (Wildman–Crippen LogP) is 2.86. The molecule has 3 rings (SSSR count). The zero-order chi connectivity index (χ0) is 17.1. The predicted molar refractivity (Wildman–Crippen MR) is 98.8 cm³/mol. The first-order chi connectivity index (χ1) is 11.5. The van der Waals surface area contributed by atoms with Gasteiger partial charge in [0.15, 0.2) is 0 Å². The molecular weight excluding hydrogens is 342 g/mol. The van der Waals surface area contributed by atoms with Crippen LogP contribution in [-0.2, 0) is 24.2 Å². The topological polar surface area (TPSA) is 75.4 Å². The number of carbonyl (C=O) groups is 2. The van der Waals surface area contributed by atoms with E-state index in [-0.39, 0.29) is 12.5 Å². The van der Waals surface area contributed by atoms with Crippen molar-refractivity contribution < 1.29 is 9.59 Å². The van der Waals surface area contributed by atoms with Gasteiger partial charge < -0.3 is 11.1 Å². The minimum absolute atomic E-state index is 0.116. The number of primary amides is 1. The van der Waals surface area contributed by atoms with Crippen molar-refractivity contribution in [3.8, 4) is 0 Å². The fourth-order valence-electron chi connectivity index (χ4n) is 3.05. The smallest absolute Gasteiger partial charge is 0.251 e. The Labute approximate surface area is 149 Å². The highest BCUT2D eigenvalue weighted by Gasteiger charge is 2.25. The summed E-state index contributed by atoms with van der Waals surface area (Å²) >= 11 is 3.18. The lowest BCUT2D eigenvalue weighted by Gasteiger charge is -2.15. The lowest BCUT2D eigenvalue weighted by molar-refractivity contribution is -0.117. The van der Waals surface area contributed by atoms with Gasteiger partial charge in [0, 0.05) is 16.3 Å². The quantitative estimate of drug-likeness (QED) is 0.829. The van der Waals surface area contributed by atoms with E-state index in [1.54, 1.807) is 11.3 Å². The summed E-state index contributed by atoms with van der Waals surface area (Å²) < 4.78 is 0. The monoisotopic (exact) mass is 363 g/mol. The highest BCUT2D eigenvalue weighted by molar-refractivity contribution is 7.17. The van der Waals surface area contributed by atoms with Crippen LogP contribution in [0.15, 0.2) is 17.5 Å². The molecule has 0 saturated carbocycles. The summed E-state index contributed by atoms with van der Waals surface area (Å²) in [6, 6.07) is 4.06. The third kappa shape index (κ3) is 3.85. The molecule has 0 atom stereocenters. The van der Waals surface area contributed by atoms with Crippen LogP contribution in [0.1, 0.15) is 38.5 Å². The molecule has 0 aliphatic heterocycles. The number of amides is 2. The molecule has 2 heterocycles. The van der Waals surface area contributed by atoms with Crippen LogP contribution >= 0.6 is 22.7 Å². The van der Waals surface area contributed by atoms with Gasteiger partial charge >= 0.3 is 0 Å². The number of aryl methyl sites for hydroxylation is 1. The first kappa shape index (κ1) is 17.1. The Morgan fingerprint density at radius 2 is 2.12 bits per heavy atom. The maximum Gasteiger partial charge on any atom is 0.251 e. The van der Waals surface area contributed by atoms with Crippen molar-refractivity contribution in [3.05, 3.63) is 38.4 Å². The Hall–Kier alpha value is -1.70. The lowest BCUT2D eigenvalue weighted by Crippen LogP contribution is -2.30. The molecule has 5 nitrogen and oxygen atoms in total. The van der Waals surface area contributed by atoms with E-state index < -0.39 is 5.91 Å². The van der Waals surface area contributed by atoms with Gasteiger partial charge in [0.25, 0.3) is 5.91 Å². The molecule has 0 aromatic carbocycles. The Kier molecular flexibility index (Phi) is 5.33. The number of carbonyl (C=O) groups excluding carboxylic acids is 2. The average molecular weight is 364 g/mol. The summed E-state index contributed by atoms with van der Waals surface area (Å²) in [5.74, 6) is -0.563. The molecule has 3 N–H and O–H groups in total. The van der Waals surface area contributed by atoms with Crippen molar-refractivity contribution in [1.29, 1.82) is 0 Å². The summed E-state index contributed by atoms with van der Waals surface area (Å²) in [7, 11) is 1.91. The van der Waals surface area contributed by atoms with Crippen molar-refractivity contribution in [2.75, 3.05) is 18.9 Å². The van der Waals surface area contributed by atoms with Crippen LogP contribution in [0.5, 0.6) is 0 Å². The van der Waals surface area contributed by atoms with Gasteiger partial charge in [-0.3, -0.25) is 14.5 Å². The van der Waals surface area contributed by atoms with Gasteiger partial charge in [0.1, 0.15) is 5.00 Å². The van der Waals surface area contributed by atoms with Crippen LogP contribution in [-0.4, -0.2) is 30.3 Å². The minimum atomic E-state index is -0.448. The van der Waals surface area contributed by atoms with E-state index in [1.807, 2.05) is 23.4 Å². The summed E-state index contributed by atoms with van der Waals surface area (Å²) in [6.45, 7) is 1.01. The molecule has 7 heteroatoms. The lowest BCUT2D eigenvalue weighted by atomic mass is 9.95. The number of thiophene rings is 2. The largest absolute Gasteiger partial charge is 0.365 e. The fourth-order valence-corrected chi connectivity index (χ4v) is 5.15. The molecule has 0 radical (unpaired) electrons. The number of likely N-dealkylation sites (N-methyl/N-ethyl adjacent to an activating group) is 1. The maximum atomic E-state index is 12.3. The van der Waals surface area contributed by atoms with Crippen molar-refractivity contribution in [2.24, 2.45) is 5.73 Å². The molecular formula is C17H21N3O2S2. The molecule has 1 aliphatic carbocycles. The van der Waals surface area contributed by atoms with Crippen LogP contribution in [0, 0.1) is 0 Å². The van der Waals surface area contributed by atoms with Gasteiger partial charge in [-0.25, -0.2) is 0 Å². The van der Waals surface area contributed by atoms with Gasteiger partial charge in [-0.05, 0) is 49.7 Å². The molecule has 128 valence electrons. The molecule has 0 bridgehead atoms. The zero-order valence-corrected chi connectivity index (χ0v) is 15.3. The molecule has 0 unspecified atom stereocenters. The van der Waals surface area contributed by atoms with Crippen molar-refractivity contribution in [1.82, 2.24) is 4.90 Å². The number of fused-ring (bicyclic) bond motifs is 1. The molecule has 0 fully saturated rings. The van der Waals surface area contributed by atoms with Gasteiger partial charge in [0.05, 0.1) is 12.1 Å². The number of hydrogen-bond acceptors (Lipinski definition) is 5. The van der Waals surface area contributed by atoms with E-state index in [1.165, 1.54) is 21.1 Å². The molecule has 1 aliphatic rings. The van der Waals surface area contributed by atoms with Crippen LogP contribution < -0.4 is 11.1 Å². The van der Waals surface area contributed by atoms with Gasteiger partial charge in [-0.15, -0.1) is 22.7 Å². The molecule has 0 spiro atoms.